The highest BCUT2D eigenvalue weighted by Gasteiger charge is 2.20. The van der Waals surface area contributed by atoms with Gasteiger partial charge in [-0.1, -0.05) is 30.3 Å². The number of carbonyl (C=O) groups is 2. The Morgan fingerprint density at radius 3 is 2.56 bits per heavy atom. The average molecular weight is 272 g/mol. The number of ether oxygens (including phenoxy) is 2. The number of amides is 1. The number of alkyl halides is 1. The summed E-state index contributed by atoms with van der Waals surface area (Å²) in [5, 5.41) is 2.32. The molecule has 1 aromatic carbocycles. The second-order valence-corrected chi connectivity index (χ2v) is 3.74. The minimum absolute atomic E-state index is 0.0763. The van der Waals surface area contributed by atoms with E-state index in [0.717, 1.165) is 5.56 Å². The lowest BCUT2D eigenvalue weighted by Crippen LogP contribution is -2.43. The smallest absolute Gasteiger partial charge is 0.408 e. The minimum atomic E-state index is -0.903. The van der Waals surface area contributed by atoms with Crippen molar-refractivity contribution in [2.45, 2.75) is 12.6 Å². The third kappa shape index (κ3) is 4.63. The molecule has 0 saturated heterocycles. The van der Waals surface area contributed by atoms with Crippen molar-refractivity contribution < 1.29 is 19.1 Å². The molecule has 1 aromatic rings. The summed E-state index contributed by atoms with van der Waals surface area (Å²) < 4.78 is 9.41. The van der Waals surface area contributed by atoms with Crippen LogP contribution in [0.15, 0.2) is 30.3 Å². The van der Waals surface area contributed by atoms with Crippen molar-refractivity contribution in [3.05, 3.63) is 35.9 Å². The predicted octanol–water partition coefficient (Wildman–Crippen LogP) is 1.69. The molecule has 1 rings (SSSR count). The summed E-state index contributed by atoms with van der Waals surface area (Å²) in [5.41, 5.74) is 0.855. The van der Waals surface area contributed by atoms with Crippen LogP contribution >= 0.6 is 11.6 Å². The summed E-state index contributed by atoms with van der Waals surface area (Å²) in [6.45, 7) is 0.128. The van der Waals surface area contributed by atoms with Gasteiger partial charge in [0, 0.05) is 0 Å². The van der Waals surface area contributed by atoms with Crippen molar-refractivity contribution in [2.24, 2.45) is 0 Å². The number of hydrogen-bond donors (Lipinski definition) is 1. The molecule has 5 nitrogen and oxygen atoms in total. The Morgan fingerprint density at radius 2 is 2.00 bits per heavy atom. The Balaban J connectivity index is 2.39. The van der Waals surface area contributed by atoms with E-state index in [-0.39, 0.29) is 12.5 Å². The van der Waals surface area contributed by atoms with E-state index in [2.05, 4.69) is 10.1 Å². The van der Waals surface area contributed by atoms with Gasteiger partial charge in [-0.15, -0.1) is 11.6 Å². The lowest BCUT2D eigenvalue weighted by Gasteiger charge is -2.13. The van der Waals surface area contributed by atoms with Gasteiger partial charge in [0.2, 0.25) is 0 Å². The van der Waals surface area contributed by atoms with Gasteiger partial charge >= 0.3 is 12.1 Å². The SMILES string of the molecule is COC(=O)[C@H](CCl)NC(=O)OCc1ccccc1. The Morgan fingerprint density at radius 1 is 1.33 bits per heavy atom. The fourth-order valence-electron chi connectivity index (χ4n) is 1.21. The predicted molar refractivity (Wildman–Crippen MR) is 66.3 cm³/mol. The Bertz CT molecular complexity index is 396. The lowest BCUT2D eigenvalue weighted by molar-refractivity contribution is -0.142. The second-order valence-electron chi connectivity index (χ2n) is 3.44. The molecule has 0 radical (unpaired) electrons. The monoisotopic (exact) mass is 271 g/mol. The molecule has 0 aromatic heterocycles. The normalized spacial score (nSPS) is 11.4. The molecule has 0 aliphatic rings. The van der Waals surface area contributed by atoms with Crippen LogP contribution in [0.4, 0.5) is 4.79 Å². The molecule has 0 aliphatic heterocycles. The molecule has 18 heavy (non-hydrogen) atoms. The number of nitrogens with one attached hydrogen (secondary N) is 1. The summed E-state index contributed by atoms with van der Waals surface area (Å²) in [5.74, 6) is -0.686. The lowest BCUT2D eigenvalue weighted by atomic mass is 10.2. The van der Waals surface area contributed by atoms with Gasteiger partial charge < -0.3 is 14.8 Å². The van der Waals surface area contributed by atoms with Crippen molar-refractivity contribution in [1.29, 1.82) is 0 Å². The van der Waals surface area contributed by atoms with E-state index in [9.17, 15) is 9.59 Å². The highest BCUT2D eigenvalue weighted by atomic mass is 35.5. The highest BCUT2D eigenvalue weighted by Crippen LogP contribution is 2.01. The van der Waals surface area contributed by atoms with Crippen molar-refractivity contribution >= 4 is 23.7 Å². The van der Waals surface area contributed by atoms with Gasteiger partial charge in [-0.3, -0.25) is 0 Å². The van der Waals surface area contributed by atoms with Crippen molar-refractivity contribution in [3.8, 4) is 0 Å². The standard InChI is InChI=1S/C12H14ClNO4/c1-17-11(15)10(7-13)14-12(16)18-8-9-5-3-2-4-6-9/h2-6,10H,7-8H2,1H3,(H,14,16)/t10-/m0/s1. The quantitative estimate of drug-likeness (QED) is 0.654. The molecule has 0 fully saturated rings. The van der Waals surface area contributed by atoms with Gasteiger partial charge in [0.25, 0.3) is 0 Å². The first-order chi connectivity index (χ1) is 8.67. The molecule has 0 spiro atoms. The number of benzene rings is 1. The number of methoxy groups -OCH3 is 1. The molecule has 0 bridgehead atoms. The molecule has 0 saturated carbocycles. The van der Waals surface area contributed by atoms with E-state index < -0.39 is 18.1 Å². The molecule has 98 valence electrons. The number of halogens is 1. The largest absolute Gasteiger partial charge is 0.467 e. The Kier molecular flexibility index (Phi) is 6.00. The van der Waals surface area contributed by atoms with E-state index in [4.69, 9.17) is 16.3 Å². The first-order valence-electron chi connectivity index (χ1n) is 5.28. The van der Waals surface area contributed by atoms with Crippen molar-refractivity contribution in [2.75, 3.05) is 13.0 Å². The van der Waals surface area contributed by atoms with Gasteiger partial charge in [0.05, 0.1) is 13.0 Å². The fourth-order valence-corrected chi connectivity index (χ4v) is 1.41. The highest BCUT2D eigenvalue weighted by molar-refractivity contribution is 6.19. The van der Waals surface area contributed by atoms with Gasteiger partial charge in [-0.05, 0) is 5.56 Å². The van der Waals surface area contributed by atoms with Crippen LogP contribution in [0.25, 0.3) is 0 Å². The van der Waals surface area contributed by atoms with E-state index >= 15 is 0 Å². The number of esters is 1. The van der Waals surface area contributed by atoms with Crippen LogP contribution in [0.2, 0.25) is 0 Å². The third-order valence-corrected chi connectivity index (χ3v) is 2.45. The second kappa shape index (κ2) is 7.55. The Labute approximate surface area is 110 Å². The first-order valence-corrected chi connectivity index (χ1v) is 5.82. The van der Waals surface area contributed by atoms with Crippen molar-refractivity contribution in [1.82, 2.24) is 5.32 Å². The summed E-state index contributed by atoms with van der Waals surface area (Å²) in [6, 6.07) is 8.29. The Hall–Kier alpha value is -1.75. The summed E-state index contributed by atoms with van der Waals surface area (Å²) >= 11 is 5.53. The van der Waals surface area contributed by atoms with Crippen LogP contribution in [0.1, 0.15) is 5.56 Å². The van der Waals surface area contributed by atoms with Crippen molar-refractivity contribution in [3.63, 3.8) is 0 Å². The van der Waals surface area contributed by atoms with Gasteiger partial charge in [0.1, 0.15) is 12.6 Å². The molecule has 6 heteroatoms. The zero-order chi connectivity index (χ0) is 13.4. The zero-order valence-corrected chi connectivity index (χ0v) is 10.6. The van der Waals surface area contributed by atoms with Gasteiger partial charge in [-0.25, -0.2) is 9.59 Å². The number of alkyl carbamates (subject to hydrolysis) is 1. The minimum Gasteiger partial charge on any atom is -0.467 e. The maximum atomic E-state index is 11.4. The summed E-state index contributed by atoms with van der Waals surface area (Å²) in [6.07, 6.45) is -0.713. The van der Waals surface area contributed by atoms with Crippen LogP contribution in [0, 0.1) is 0 Å². The van der Waals surface area contributed by atoms with Crippen LogP contribution in [0.3, 0.4) is 0 Å². The van der Waals surface area contributed by atoms with E-state index in [0.29, 0.717) is 0 Å². The fraction of sp³-hybridized carbons (Fsp3) is 0.333. The zero-order valence-electron chi connectivity index (χ0n) is 9.89. The summed E-state index contributed by atoms with van der Waals surface area (Å²) in [7, 11) is 1.22. The number of carbonyl (C=O) groups excluding carboxylic acids is 2. The van der Waals surface area contributed by atoms with Crippen LogP contribution in [0.5, 0.6) is 0 Å². The van der Waals surface area contributed by atoms with Crippen LogP contribution in [-0.4, -0.2) is 31.1 Å². The van der Waals surface area contributed by atoms with E-state index in [1.807, 2.05) is 30.3 Å². The number of hydrogen-bond acceptors (Lipinski definition) is 4. The van der Waals surface area contributed by atoms with Gasteiger partial charge in [-0.2, -0.15) is 0 Å². The third-order valence-electron chi connectivity index (χ3n) is 2.14. The molecule has 0 unspecified atom stereocenters. The van der Waals surface area contributed by atoms with Crippen LogP contribution < -0.4 is 5.32 Å². The van der Waals surface area contributed by atoms with Crippen LogP contribution in [-0.2, 0) is 20.9 Å². The molecule has 0 heterocycles. The van der Waals surface area contributed by atoms with Gasteiger partial charge in [0.15, 0.2) is 0 Å². The molecule has 1 atom stereocenters. The molecular weight excluding hydrogens is 258 g/mol. The molecule has 1 amide bonds. The summed E-state index contributed by atoms with van der Waals surface area (Å²) in [4.78, 5) is 22.6. The van der Waals surface area contributed by atoms with E-state index in [1.165, 1.54) is 7.11 Å². The molecule has 0 aliphatic carbocycles. The van der Waals surface area contributed by atoms with E-state index in [1.54, 1.807) is 0 Å². The first kappa shape index (κ1) is 14.3. The topological polar surface area (TPSA) is 64.6 Å². The average Bonchev–Trinajstić information content (AvgIpc) is 2.42. The molecule has 1 N–H and O–H groups in total. The molecular formula is C12H14ClNO4. The maximum Gasteiger partial charge on any atom is 0.408 e. The maximum absolute atomic E-state index is 11.4. The number of rotatable bonds is 5.